The molecule has 8 heteroatoms. The lowest BCUT2D eigenvalue weighted by atomic mass is 9.95. The average molecular weight is 468 g/mol. The largest absolute Gasteiger partial charge is 0.497 e. The van der Waals surface area contributed by atoms with Crippen molar-refractivity contribution in [3.8, 4) is 22.9 Å². The van der Waals surface area contributed by atoms with E-state index in [1.165, 1.54) is 0 Å². The number of carbonyl (C=O) groups is 1. The molecule has 1 amide bonds. The minimum absolute atomic E-state index is 0.269. The zero-order valence-electron chi connectivity index (χ0n) is 19.6. The lowest BCUT2D eigenvalue weighted by molar-refractivity contribution is -0.113. The lowest BCUT2D eigenvalue weighted by Gasteiger charge is -2.29. The molecule has 1 atom stereocenters. The molecule has 0 bridgehead atoms. The van der Waals surface area contributed by atoms with Gasteiger partial charge in [-0.15, -0.1) is 5.10 Å². The molecule has 0 fully saturated rings. The summed E-state index contributed by atoms with van der Waals surface area (Å²) in [6.07, 6.45) is 0. The number of benzene rings is 3. The second-order valence-corrected chi connectivity index (χ2v) is 8.07. The Morgan fingerprint density at radius 3 is 2.51 bits per heavy atom. The van der Waals surface area contributed by atoms with Gasteiger partial charge in [0.15, 0.2) is 5.82 Å². The third-order valence-corrected chi connectivity index (χ3v) is 5.89. The molecular formula is C27H25N5O3. The van der Waals surface area contributed by atoms with Gasteiger partial charge in [0.25, 0.3) is 5.91 Å². The Morgan fingerprint density at radius 2 is 1.74 bits per heavy atom. The van der Waals surface area contributed by atoms with Gasteiger partial charge >= 0.3 is 0 Å². The smallest absolute Gasteiger partial charge is 0.255 e. The highest BCUT2D eigenvalue weighted by molar-refractivity contribution is 6.06. The molecule has 0 radical (unpaired) electrons. The van der Waals surface area contributed by atoms with Crippen LogP contribution in [0.2, 0.25) is 0 Å². The van der Waals surface area contributed by atoms with Crippen LogP contribution in [0.25, 0.3) is 11.4 Å². The number of rotatable bonds is 6. The fourth-order valence-corrected chi connectivity index (χ4v) is 4.21. The summed E-state index contributed by atoms with van der Waals surface area (Å²) in [5, 5.41) is 11.1. The molecule has 1 aliphatic rings. The van der Waals surface area contributed by atoms with Crippen molar-refractivity contribution < 1.29 is 14.3 Å². The molecule has 1 unspecified atom stereocenters. The molecule has 1 aromatic heterocycles. The van der Waals surface area contributed by atoms with E-state index in [-0.39, 0.29) is 5.91 Å². The van der Waals surface area contributed by atoms with E-state index in [4.69, 9.17) is 19.6 Å². The summed E-state index contributed by atoms with van der Waals surface area (Å²) in [4.78, 5) is 18.4. The molecule has 2 heterocycles. The fourth-order valence-electron chi connectivity index (χ4n) is 4.21. The molecule has 1 aliphatic heterocycles. The SMILES string of the molecule is COc1cccc(C2C(C(=O)Nc3ccccc3OC)=C(C)Nc3nc(-c4ccccc4)nn32)c1. The maximum atomic E-state index is 13.7. The van der Waals surface area contributed by atoms with Crippen LogP contribution in [-0.2, 0) is 4.79 Å². The van der Waals surface area contributed by atoms with Crippen LogP contribution < -0.4 is 20.1 Å². The molecule has 0 spiro atoms. The Bertz CT molecular complexity index is 1410. The summed E-state index contributed by atoms with van der Waals surface area (Å²) in [5.74, 6) is 2.12. The molecule has 0 aliphatic carbocycles. The van der Waals surface area contributed by atoms with E-state index < -0.39 is 6.04 Å². The van der Waals surface area contributed by atoms with E-state index in [9.17, 15) is 4.79 Å². The first kappa shape index (κ1) is 22.2. The summed E-state index contributed by atoms with van der Waals surface area (Å²) in [7, 11) is 3.19. The molecule has 0 saturated heterocycles. The van der Waals surface area contributed by atoms with E-state index in [0.717, 1.165) is 11.1 Å². The van der Waals surface area contributed by atoms with E-state index in [2.05, 4.69) is 10.6 Å². The Hall–Kier alpha value is -4.59. The van der Waals surface area contributed by atoms with E-state index >= 15 is 0 Å². The number of anilines is 2. The number of ether oxygens (including phenoxy) is 2. The number of para-hydroxylation sites is 2. The number of methoxy groups -OCH3 is 2. The lowest BCUT2D eigenvalue weighted by Crippen LogP contribution is -2.31. The van der Waals surface area contributed by atoms with Crippen LogP contribution in [0.4, 0.5) is 11.6 Å². The second kappa shape index (κ2) is 9.34. The zero-order chi connectivity index (χ0) is 24.4. The number of allylic oxidation sites excluding steroid dienone is 1. The van der Waals surface area contributed by atoms with Gasteiger partial charge in [-0.2, -0.15) is 4.98 Å². The van der Waals surface area contributed by atoms with Crippen molar-refractivity contribution in [2.45, 2.75) is 13.0 Å². The predicted octanol–water partition coefficient (Wildman–Crippen LogP) is 4.89. The van der Waals surface area contributed by atoms with E-state index in [1.807, 2.05) is 73.7 Å². The summed E-state index contributed by atoms with van der Waals surface area (Å²) in [5.41, 5.74) is 3.52. The third kappa shape index (κ3) is 4.21. The number of amides is 1. The fraction of sp³-hybridized carbons (Fsp3) is 0.148. The minimum atomic E-state index is -0.527. The number of hydrogen-bond acceptors (Lipinski definition) is 6. The number of hydrogen-bond donors (Lipinski definition) is 2. The van der Waals surface area contributed by atoms with E-state index in [1.54, 1.807) is 31.0 Å². The van der Waals surface area contributed by atoms with Crippen LogP contribution in [0.15, 0.2) is 90.1 Å². The van der Waals surface area contributed by atoms with Gasteiger partial charge in [0.1, 0.15) is 17.5 Å². The Labute approximate surface area is 203 Å². The first-order chi connectivity index (χ1) is 17.1. The van der Waals surface area contributed by atoms with Gasteiger partial charge in [-0.05, 0) is 36.8 Å². The molecule has 2 N–H and O–H groups in total. The van der Waals surface area contributed by atoms with Crippen LogP contribution in [0, 0.1) is 0 Å². The highest BCUT2D eigenvalue weighted by Crippen LogP contribution is 2.38. The van der Waals surface area contributed by atoms with Crippen molar-refractivity contribution >= 4 is 17.5 Å². The molecule has 176 valence electrons. The van der Waals surface area contributed by atoms with Gasteiger partial charge in [0, 0.05) is 11.3 Å². The molecule has 5 rings (SSSR count). The quantitative estimate of drug-likeness (QED) is 0.420. The average Bonchev–Trinajstić information content (AvgIpc) is 3.32. The third-order valence-electron chi connectivity index (χ3n) is 5.89. The predicted molar refractivity (Wildman–Crippen MR) is 135 cm³/mol. The molecule has 0 saturated carbocycles. The van der Waals surface area contributed by atoms with Crippen molar-refractivity contribution in [1.29, 1.82) is 0 Å². The molecule has 4 aromatic rings. The highest BCUT2D eigenvalue weighted by atomic mass is 16.5. The van der Waals surface area contributed by atoms with Crippen molar-refractivity contribution in [2.24, 2.45) is 0 Å². The second-order valence-electron chi connectivity index (χ2n) is 8.07. The van der Waals surface area contributed by atoms with E-state index in [0.29, 0.717) is 40.2 Å². The topological polar surface area (TPSA) is 90.3 Å². The number of carbonyl (C=O) groups excluding carboxylic acids is 1. The van der Waals surface area contributed by atoms with Crippen LogP contribution >= 0.6 is 0 Å². The van der Waals surface area contributed by atoms with Crippen LogP contribution in [0.5, 0.6) is 11.5 Å². The van der Waals surface area contributed by atoms with Gasteiger partial charge < -0.3 is 20.1 Å². The number of nitrogens with zero attached hydrogens (tertiary/aromatic N) is 3. The molecule has 35 heavy (non-hydrogen) atoms. The normalized spacial score (nSPS) is 14.7. The van der Waals surface area contributed by atoms with Gasteiger partial charge in [-0.3, -0.25) is 4.79 Å². The summed E-state index contributed by atoms with van der Waals surface area (Å²) < 4.78 is 12.6. The van der Waals surface area contributed by atoms with Crippen molar-refractivity contribution in [3.05, 3.63) is 95.7 Å². The monoisotopic (exact) mass is 467 g/mol. The van der Waals surface area contributed by atoms with Gasteiger partial charge in [-0.1, -0.05) is 54.6 Å². The Kier molecular flexibility index (Phi) is 5.93. The van der Waals surface area contributed by atoms with Gasteiger partial charge in [0.2, 0.25) is 5.95 Å². The first-order valence-electron chi connectivity index (χ1n) is 11.2. The minimum Gasteiger partial charge on any atom is -0.497 e. The zero-order valence-corrected chi connectivity index (χ0v) is 19.6. The summed E-state index contributed by atoms with van der Waals surface area (Å²) in [6, 6.07) is 24.2. The summed E-state index contributed by atoms with van der Waals surface area (Å²) >= 11 is 0. The first-order valence-corrected chi connectivity index (χ1v) is 11.2. The Morgan fingerprint density at radius 1 is 0.971 bits per heavy atom. The van der Waals surface area contributed by atoms with Crippen molar-refractivity contribution in [1.82, 2.24) is 14.8 Å². The van der Waals surface area contributed by atoms with Crippen LogP contribution in [-0.4, -0.2) is 34.9 Å². The Balaban J connectivity index is 1.61. The van der Waals surface area contributed by atoms with Gasteiger partial charge in [-0.25, -0.2) is 4.68 Å². The molecule has 8 nitrogen and oxygen atoms in total. The maximum Gasteiger partial charge on any atom is 0.255 e. The van der Waals surface area contributed by atoms with Crippen LogP contribution in [0.3, 0.4) is 0 Å². The molecular weight excluding hydrogens is 442 g/mol. The molecule has 3 aromatic carbocycles. The number of fused-ring (bicyclic) bond motifs is 1. The highest BCUT2D eigenvalue weighted by Gasteiger charge is 2.35. The number of nitrogens with one attached hydrogen (secondary N) is 2. The maximum absolute atomic E-state index is 13.7. The van der Waals surface area contributed by atoms with Crippen molar-refractivity contribution in [3.63, 3.8) is 0 Å². The van der Waals surface area contributed by atoms with Crippen molar-refractivity contribution in [2.75, 3.05) is 24.9 Å². The number of aromatic nitrogens is 3. The van der Waals surface area contributed by atoms with Gasteiger partial charge in [0.05, 0.1) is 25.5 Å². The van der Waals surface area contributed by atoms with Crippen LogP contribution in [0.1, 0.15) is 18.5 Å². The summed E-state index contributed by atoms with van der Waals surface area (Å²) in [6.45, 7) is 1.87. The standard InChI is InChI=1S/C27H25N5O3/c1-17-23(26(33)29-21-14-7-8-15-22(21)35-3)24(19-12-9-13-20(16-19)34-2)32-27(28-17)30-25(31-32)18-10-5-4-6-11-18/h4-16,24H,1-3H3,(H,29,33)(H,28,30,31).